The molecule has 0 bridgehead atoms. The first-order chi connectivity index (χ1) is 14.1. The number of hydrogen-bond acceptors (Lipinski definition) is 4. The number of methoxy groups -OCH3 is 1. The Morgan fingerprint density at radius 3 is 2.34 bits per heavy atom. The Hall–Kier alpha value is -3.60. The second-order valence-corrected chi connectivity index (χ2v) is 7.05. The molecule has 1 N–H and O–H groups in total. The van der Waals surface area contributed by atoms with E-state index >= 15 is 0 Å². The Labute approximate surface area is 169 Å². The van der Waals surface area contributed by atoms with Gasteiger partial charge in [-0.3, -0.25) is 5.01 Å². The number of rotatable bonds is 5. The van der Waals surface area contributed by atoms with Crippen molar-refractivity contribution in [3.8, 4) is 5.75 Å². The van der Waals surface area contributed by atoms with Gasteiger partial charge in [0.05, 0.1) is 30.1 Å². The van der Waals surface area contributed by atoms with E-state index < -0.39 is 5.97 Å². The molecule has 146 valence electrons. The standard InChI is InChI=1S/C24H22N2O3/c1-16-5-3-4-6-21(16)22-15-23(17-9-13-20(29-2)14-10-17)26(25-22)19-11-7-18(8-12-19)24(27)28/h3-14,23H,15H2,1-2H3,(H,27,28). The fourth-order valence-electron chi connectivity index (χ4n) is 3.65. The summed E-state index contributed by atoms with van der Waals surface area (Å²) in [4.78, 5) is 11.2. The lowest BCUT2D eigenvalue weighted by atomic mass is 9.96. The maximum atomic E-state index is 11.2. The van der Waals surface area contributed by atoms with Crippen LogP contribution in [0.4, 0.5) is 5.69 Å². The molecule has 1 aliphatic rings. The molecule has 0 saturated carbocycles. The van der Waals surface area contributed by atoms with Crippen LogP contribution in [0.2, 0.25) is 0 Å². The van der Waals surface area contributed by atoms with E-state index in [1.165, 1.54) is 5.56 Å². The molecule has 1 aliphatic heterocycles. The third-order valence-electron chi connectivity index (χ3n) is 5.25. The fourth-order valence-corrected chi connectivity index (χ4v) is 3.65. The van der Waals surface area contributed by atoms with E-state index in [1.54, 1.807) is 19.2 Å². The largest absolute Gasteiger partial charge is 0.497 e. The number of aryl methyl sites for hydroxylation is 1. The van der Waals surface area contributed by atoms with Crippen LogP contribution in [0.3, 0.4) is 0 Å². The minimum absolute atomic E-state index is 0.0196. The molecule has 5 heteroatoms. The van der Waals surface area contributed by atoms with Crippen LogP contribution in [-0.2, 0) is 0 Å². The van der Waals surface area contributed by atoms with Gasteiger partial charge in [-0.1, -0.05) is 36.4 Å². The molecule has 4 rings (SSSR count). The molecule has 0 fully saturated rings. The van der Waals surface area contributed by atoms with Gasteiger partial charge in [0.25, 0.3) is 0 Å². The number of aromatic carboxylic acids is 1. The van der Waals surface area contributed by atoms with Crippen molar-refractivity contribution in [3.63, 3.8) is 0 Å². The lowest BCUT2D eigenvalue weighted by Crippen LogP contribution is -2.18. The Kier molecular flexibility index (Phi) is 5.04. The monoisotopic (exact) mass is 386 g/mol. The fraction of sp³-hybridized carbons (Fsp3) is 0.167. The molecule has 1 atom stereocenters. The third kappa shape index (κ3) is 3.72. The lowest BCUT2D eigenvalue weighted by molar-refractivity contribution is 0.0697. The predicted octanol–water partition coefficient (Wildman–Crippen LogP) is 5.06. The number of ether oxygens (including phenoxy) is 1. The summed E-state index contributed by atoms with van der Waals surface area (Å²) in [6, 6.07) is 23.1. The Bertz CT molecular complexity index is 1060. The molecule has 1 heterocycles. The normalized spacial score (nSPS) is 15.9. The van der Waals surface area contributed by atoms with Crippen LogP contribution in [0.5, 0.6) is 5.75 Å². The van der Waals surface area contributed by atoms with Crippen LogP contribution in [0.1, 0.15) is 39.5 Å². The van der Waals surface area contributed by atoms with Crippen LogP contribution in [0, 0.1) is 6.92 Å². The number of carbonyl (C=O) groups is 1. The molecule has 29 heavy (non-hydrogen) atoms. The van der Waals surface area contributed by atoms with Gasteiger partial charge >= 0.3 is 5.97 Å². The Balaban J connectivity index is 1.74. The summed E-state index contributed by atoms with van der Waals surface area (Å²) < 4.78 is 5.29. The van der Waals surface area contributed by atoms with Crippen molar-refractivity contribution in [2.24, 2.45) is 5.10 Å². The van der Waals surface area contributed by atoms with Crippen molar-refractivity contribution in [2.45, 2.75) is 19.4 Å². The average molecular weight is 386 g/mol. The van der Waals surface area contributed by atoms with Crippen LogP contribution >= 0.6 is 0 Å². The molecule has 3 aromatic carbocycles. The van der Waals surface area contributed by atoms with Gasteiger partial charge in [0.15, 0.2) is 0 Å². The number of carboxylic acid groups (broad SMARTS) is 1. The first kappa shape index (κ1) is 18.7. The van der Waals surface area contributed by atoms with E-state index in [2.05, 4.69) is 31.2 Å². The van der Waals surface area contributed by atoms with E-state index in [9.17, 15) is 9.90 Å². The minimum Gasteiger partial charge on any atom is -0.497 e. The van der Waals surface area contributed by atoms with Crippen molar-refractivity contribution in [2.75, 3.05) is 12.1 Å². The van der Waals surface area contributed by atoms with E-state index in [0.29, 0.717) is 0 Å². The van der Waals surface area contributed by atoms with Gasteiger partial charge in [-0.25, -0.2) is 4.79 Å². The summed E-state index contributed by atoms with van der Waals surface area (Å²) in [5, 5.41) is 16.1. The van der Waals surface area contributed by atoms with Crippen LogP contribution in [0.25, 0.3) is 0 Å². The Morgan fingerprint density at radius 2 is 1.72 bits per heavy atom. The predicted molar refractivity (Wildman–Crippen MR) is 114 cm³/mol. The van der Waals surface area contributed by atoms with Crippen molar-refractivity contribution < 1.29 is 14.6 Å². The first-order valence-electron chi connectivity index (χ1n) is 9.47. The summed E-state index contributed by atoms with van der Waals surface area (Å²) >= 11 is 0. The van der Waals surface area contributed by atoms with Gasteiger partial charge in [-0.05, 0) is 54.4 Å². The van der Waals surface area contributed by atoms with Crippen molar-refractivity contribution in [1.82, 2.24) is 0 Å². The van der Waals surface area contributed by atoms with Gasteiger partial charge in [0.2, 0.25) is 0 Å². The zero-order chi connectivity index (χ0) is 20.4. The smallest absolute Gasteiger partial charge is 0.335 e. The molecule has 5 nitrogen and oxygen atoms in total. The molecule has 0 amide bonds. The van der Waals surface area contributed by atoms with Crippen molar-refractivity contribution >= 4 is 17.4 Å². The van der Waals surface area contributed by atoms with Gasteiger partial charge in [-0.15, -0.1) is 0 Å². The van der Waals surface area contributed by atoms with Gasteiger partial charge in [0, 0.05) is 12.0 Å². The highest BCUT2D eigenvalue weighted by Gasteiger charge is 2.30. The highest BCUT2D eigenvalue weighted by Crippen LogP contribution is 2.37. The van der Waals surface area contributed by atoms with Crippen molar-refractivity contribution in [1.29, 1.82) is 0 Å². The molecule has 0 saturated heterocycles. The highest BCUT2D eigenvalue weighted by atomic mass is 16.5. The van der Waals surface area contributed by atoms with E-state index in [1.807, 2.05) is 41.4 Å². The van der Waals surface area contributed by atoms with Gasteiger partial charge in [-0.2, -0.15) is 5.10 Å². The SMILES string of the molecule is COc1ccc(C2CC(c3ccccc3C)=NN2c2ccc(C(=O)O)cc2)cc1. The van der Waals surface area contributed by atoms with E-state index in [-0.39, 0.29) is 11.6 Å². The van der Waals surface area contributed by atoms with E-state index in [0.717, 1.165) is 34.7 Å². The zero-order valence-corrected chi connectivity index (χ0v) is 16.4. The number of carboxylic acids is 1. The quantitative estimate of drug-likeness (QED) is 0.666. The molecule has 0 spiro atoms. The van der Waals surface area contributed by atoms with Crippen molar-refractivity contribution in [3.05, 3.63) is 95.1 Å². The summed E-state index contributed by atoms with van der Waals surface area (Å²) in [6.45, 7) is 2.09. The summed E-state index contributed by atoms with van der Waals surface area (Å²) in [6.07, 6.45) is 0.762. The highest BCUT2D eigenvalue weighted by molar-refractivity contribution is 6.04. The van der Waals surface area contributed by atoms with Gasteiger partial charge in [0.1, 0.15) is 5.75 Å². The number of hydrazone groups is 1. The summed E-state index contributed by atoms with van der Waals surface area (Å²) in [7, 11) is 1.65. The molecular weight excluding hydrogens is 364 g/mol. The zero-order valence-electron chi connectivity index (χ0n) is 16.4. The van der Waals surface area contributed by atoms with E-state index in [4.69, 9.17) is 9.84 Å². The number of anilines is 1. The lowest BCUT2D eigenvalue weighted by Gasteiger charge is -2.24. The maximum Gasteiger partial charge on any atom is 0.335 e. The van der Waals surface area contributed by atoms with Crippen LogP contribution in [-0.4, -0.2) is 23.9 Å². The first-order valence-corrected chi connectivity index (χ1v) is 9.47. The number of nitrogens with zero attached hydrogens (tertiary/aromatic N) is 2. The van der Waals surface area contributed by atoms with Crippen LogP contribution < -0.4 is 9.75 Å². The number of hydrogen-bond donors (Lipinski definition) is 1. The number of benzene rings is 3. The second kappa shape index (κ2) is 7.80. The average Bonchev–Trinajstić information content (AvgIpc) is 3.19. The molecule has 0 radical (unpaired) electrons. The molecule has 0 aromatic heterocycles. The summed E-state index contributed by atoms with van der Waals surface area (Å²) in [5.74, 6) is -0.127. The minimum atomic E-state index is -0.936. The second-order valence-electron chi connectivity index (χ2n) is 7.05. The molecular formula is C24H22N2O3. The molecule has 1 unspecified atom stereocenters. The molecule has 0 aliphatic carbocycles. The van der Waals surface area contributed by atoms with Crippen LogP contribution in [0.15, 0.2) is 77.9 Å². The summed E-state index contributed by atoms with van der Waals surface area (Å²) in [5.41, 5.74) is 5.58. The topological polar surface area (TPSA) is 62.1 Å². The maximum absolute atomic E-state index is 11.2. The molecule has 3 aromatic rings. The third-order valence-corrected chi connectivity index (χ3v) is 5.25. The Morgan fingerprint density at radius 1 is 1.03 bits per heavy atom. The van der Waals surface area contributed by atoms with Gasteiger partial charge < -0.3 is 9.84 Å².